The van der Waals surface area contributed by atoms with Crippen LogP contribution in [0.4, 0.5) is 11.5 Å². The van der Waals surface area contributed by atoms with Crippen molar-refractivity contribution >= 4 is 11.5 Å². The van der Waals surface area contributed by atoms with Gasteiger partial charge < -0.3 is 5.73 Å². The van der Waals surface area contributed by atoms with E-state index >= 15 is 0 Å². The fourth-order valence-electron chi connectivity index (χ4n) is 1.43. The van der Waals surface area contributed by atoms with Crippen LogP contribution in [0.1, 0.15) is 11.4 Å². The Labute approximate surface area is 97.3 Å². The first-order valence-corrected chi connectivity index (χ1v) is 4.96. The third-order valence-corrected chi connectivity index (χ3v) is 2.25. The highest BCUT2D eigenvalue weighted by atomic mass is 16.6. The molecule has 2 N–H and O–H groups in total. The van der Waals surface area contributed by atoms with Gasteiger partial charge in [0, 0.05) is 6.42 Å². The van der Waals surface area contributed by atoms with E-state index in [2.05, 4.69) is 9.97 Å². The standard InChI is InChI=1S/C11H10N4O2/c12-11-9(15(16)17)7-13-10(14-11)6-8-4-2-1-3-5-8/h1-5,7H,6H2,(H2,12,13,14). The zero-order valence-electron chi connectivity index (χ0n) is 8.91. The van der Waals surface area contributed by atoms with Gasteiger partial charge in [-0.05, 0) is 5.56 Å². The molecule has 2 rings (SSSR count). The van der Waals surface area contributed by atoms with Gasteiger partial charge >= 0.3 is 5.69 Å². The van der Waals surface area contributed by atoms with E-state index in [4.69, 9.17) is 5.73 Å². The lowest BCUT2D eigenvalue weighted by Crippen LogP contribution is -2.04. The van der Waals surface area contributed by atoms with Crippen LogP contribution in [0.3, 0.4) is 0 Å². The molecule has 17 heavy (non-hydrogen) atoms. The summed E-state index contributed by atoms with van der Waals surface area (Å²) in [5.41, 5.74) is 6.25. The molecule has 1 aromatic carbocycles. The van der Waals surface area contributed by atoms with E-state index in [1.54, 1.807) is 0 Å². The van der Waals surface area contributed by atoms with Gasteiger partial charge in [-0.15, -0.1) is 0 Å². The van der Waals surface area contributed by atoms with Crippen molar-refractivity contribution in [2.24, 2.45) is 0 Å². The molecule has 1 aromatic heterocycles. The molecule has 0 amide bonds. The Morgan fingerprint density at radius 3 is 2.59 bits per heavy atom. The Hall–Kier alpha value is -2.50. The molecule has 0 fully saturated rings. The Morgan fingerprint density at radius 1 is 1.29 bits per heavy atom. The molecule has 86 valence electrons. The van der Waals surface area contributed by atoms with E-state index in [0.717, 1.165) is 11.8 Å². The number of aromatic nitrogens is 2. The summed E-state index contributed by atoms with van der Waals surface area (Å²) in [5, 5.41) is 10.5. The second-order valence-corrected chi connectivity index (χ2v) is 3.48. The van der Waals surface area contributed by atoms with Crippen LogP contribution < -0.4 is 5.73 Å². The van der Waals surface area contributed by atoms with Gasteiger partial charge in [-0.1, -0.05) is 30.3 Å². The van der Waals surface area contributed by atoms with Gasteiger partial charge in [0.25, 0.3) is 0 Å². The molecule has 0 atom stereocenters. The first-order chi connectivity index (χ1) is 8.16. The summed E-state index contributed by atoms with van der Waals surface area (Å²) >= 11 is 0. The summed E-state index contributed by atoms with van der Waals surface area (Å²) in [6, 6.07) is 9.59. The summed E-state index contributed by atoms with van der Waals surface area (Å²) in [4.78, 5) is 17.8. The van der Waals surface area contributed by atoms with Crippen LogP contribution in [0, 0.1) is 10.1 Å². The summed E-state index contributed by atoms with van der Waals surface area (Å²) in [6.45, 7) is 0. The smallest absolute Gasteiger partial charge is 0.329 e. The van der Waals surface area contributed by atoms with E-state index in [-0.39, 0.29) is 11.5 Å². The third kappa shape index (κ3) is 2.54. The summed E-state index contributed by atoms with van der Waals surface area (Å²) < 4.78 is 0. The van der Waals surface area contributed by atoms with Crippen molar-refractivity contribution < 1.29 is 4.92 Å². The second-order valence-electron chi connectivity index (χ2n) is 3.48. The van der Waals surface area contributed by atoms with E-state index < -0.39 is 4.92 Å². The topological polar surface area (TPSA) is 94.9 Å². The van der Waals surface area contributed by atoms with Crippen molar-refractivity contribution in [1.29, 1.82) is 0 Å². The van der Waals surface area contributed by atoms with Crippen LogP contribution >= 0.6 is 0 Å². The Morgan fingerprint density at radius 2 is 2.00 bits per heavy atom. The van der Waals surface area contributed by atoms with Gasteiger partial charge in [0.05, 0.1) is 4.92 Å². The number of benzene rings is 1. The highest BCUT2D eigenvalue weighted by Gasteiger charge is 2.14. The molecule has 0 aliphatic carbocycles. The third-order valence-electron chi connectivity index (χ3n) is 2.25. The fraction of sp³-hybridized carbons (Fsp3) is 0.0909. The number of rotatable bonds is 3. The average Bonchev–Trinajstić information content (AvgIpc) is 2.30. The van der Waals surface area contributed by atoms with Gasteiger partial charge in [0.2, 0.25) is 5.82 Å². The summed E-state index contributed by atoms with van der Waals surface area (Å²) in [7, 11) is 0. The minimum atomic E-state index is -0.596. The van der Waals surface area contributed by atoms with Crippen LogP contribution in [0.5, 0.6) is 0 Å². The van der Waals surface area contributed by atoms with Crippen molar-refractivity contribution in [1.82, 2.24) is 9.97 Å². The molecule has 2 aromatic rings. The predicted octanol–water partition coefficient (Wildman–Crippen LogP) is 1.56. The number of hydrogen-bond acceptors (Lipinski definition) is 5. The maximum atomic E-state index is 10.5. The van der Waals surface area contributed by atoms with Crippen LogP contribution in [-0.2, 0) is 6.42 Å². The SMILES string of the molecule is Nc1nc(Cc2ccccc2)ncc1[N+](=O)[O-]. The number of nitrogens with two attached hydrogens (primary N) is 1. The predicted molar refractivity (Wildman–Crippen MR) is 62.3 cm³/mol. The average molecular weight is 230 g/mol. The van der Waals surface area contributed by atoms with Crippen LogP contribution in [-0.4, -0.2) is 14.9 Å². The van der Waals surface area contributed by atoms with E-state index in [1.807, 2.05) is 30.3 Å². The lowest BCUT2D eigenvalue weighted by atomic mass is 10.1. The normalized spacial score (nSPS) is 10.1. The number of nitro groups is 1. The number of anilines is 1. The summed E-state index contributed by atoms with van der Waals surface area (Å²) in [5.74, 6) is 0.371. The second kappa shape index (κ2) is 4.56. The van der Waals surface area contributed by atoms with Gasteiger partial charge in [-0.2, -0.15) is 0 Å². The maximum absolute atomic E-state index is 10.5. The van der Waals surface area contributed by atoms with Crippen LogP contribution in [0.2, 0.25) is 0 Å². The highest BCUT2D eigenvalue weighted by Crippen LogP contribution is 2.17. The molecule has 0 radical (unpaired) electrons. The van der Waals surface area contributed by atoms with E-state index in [9.17, 15) is 10.1 Å². The Kier molecular flexibility index (Phi) is 2.95. The first-order valence-electron chi connectivity index (χ1n) is 4.96. The Balaban J connectivity index is 2.24. The molecule has 0 spiro atoms. The molecular formula is C11H10N4O2. The molecule has 0 bridgehead atoms. The van der Waals surface area contributed by atoms with Gasteiger partial charge in [-0.3, -0.25) is 10.1 Å². The minimum absolute atomic E-state index is 0.101. The molecule has 0 aliphatic heterocycles. The van der Waals surface area contributed by atoms with E-state index in [0.29, 0.717) is 12.2 Å². The zero-order chi connectivity index (χ0) is 12.3. The van der Waals surface area contributed by atoms with E-state index in [1.165, 1.54) is 0 Å². The van der Waals surface area contributed by atoms with Crippen LogP contribution in [0.25, 0.3) is 0 Å². The molecule has 0 aliphatic rings. The summed E-state index contributed by atoms with van der Waals surface area (Å²) in [6.07, 6.45) is 1.64. The molecule has 1 heterocycles. The van der Waals surface area contributed by atoms with Crippen LogP contribution in [0.15, 0.2) is 36.5 Å². The maximum Gasteiger partial charge on any atom is 0.329 e. The zero-order valence-corrected chi connectivity index (χ0v) is 8.91. The number of nitrogen functional groups attached to an aromatic ring is 1. The fourth-order valence-corrected chi connectivity index (χ4v) is 1.43. The molecule has 6 heteroatoms. The van der Waals surface area contributed by atoms with Crippen molar-refractivity contribution in [3.63, 3.8) is 0 Å². The van der Waals surface area contributed by atoms with Gasteiger partial charge in [0.1, 0.15) is 12.0 Å². The van der Waals surface area contributed by atoms with Crippen molar-refractivity contribution in [3.8, 4) is 0 Å². The largest absolute Gasteiger partial charge is 0.378 e. The van der Waals surface area contributed by atoms with Crippen molar-refractivity contribution in [2.45, 2.75) is 6.42 Å². The molecule has 6 nitrogen and oxygen atoms in total. The lowest BCUT2D eigenvalue weighted by Gasteiger charge is -2.01. The quantitative estimate of drug-likeness (QED) is 0.637. The highest BCUT2D eigenvalue weighted by molar-refractivity contribution is 5.50. The van der Waals surface area contributed by atoms with Crippen molar-refractivity contribution in [2.75, 3.05) is 5.73 Å². The van der Waals surface area contributed by atoms with Gasteiger partial charge in [-0.25, -0.2) is 9.97 Å². The number of hydrogen-bond donors (Lipinski definition) is 1. The monoisotopic (exact) mass is 230 g/mol. The molecule has 0 saturated heterocycles. The minimum Gasteiger partial charge on any atom is -0.378 e. The molecule has 0 saturated carbocycles. The lowest BCUT2D eigenvalue weighted by molar-refractivity contribution is -0.384. The number of nitrogens with zero attached hydrogens (tertiary/aromatic N) is 3. The van der Waals surface area contributed by atoms with Crippen molar-refractivity contribution in [3.05, 3.63) is 58.0 Å². The molecular weight excluding hydrogens is 220 g/mol. The van der Waals surface area contributed by atoms with Gasteiger partial charge in [0.15, 0.2) is 0 Å². The molecule has 0 unspecified atom stereocenters. The first kappa shape index (κ1) is 11.0. The Bertz CT molecular complexity index is 542.